The van der Waals surface area contributed by atoms with Crippen LogP contribution in [-0.4, -0.2) is 55.1 Å². The Balaban J connectivity index is 1.27. The van der Waals surface area contributed by atoms with E-state index in [2.05, 4.69) is 30.2 Å². The molecule has 5 heterocycles. The fourth-order valence-corrected chi connectivity index (χ4v) is 4.38. The number of pyridine rings is 1. The van der Waals surface area contributed by atoms with Gasteiger partial charge in [0.1, 0.15) is 17.9 Å². The molecule has 32 heavy (non-hydrogen) atoms. The van der Waals surface area contributed by atoms with Gasteiger partial charge in [0.05, 0.1) is 5.69 Å². The van der Waals surface area contributed by atoms with Crippen LogP contribution in [0.3, 0.4) is 0 Å². The van der Waals surface area contributed by atoms with Crippen LogP contribution in [-0.2, 0) is 0 Å². The maximum atomic E-state index is 12.6. The molecule has 2 saturated heterocycles. The number of carbonyl (C=O) groups is 2. The third-order valence-electron chi connectivity index (χ3n) is 5.75. The highest BCUT2D eigenvalue weighted by molar-refractivity contribution is 6.06. The monoisotopic (exact) mass is 436 g/mol. The number of fused-ring (bicyclic) bond motifs is 2. The first kappa shape index (κ1) is 19.9. The van der Waals surface area contributed by atoms with Gasteiger partial charge >= 0.3 is 12.0 Å². The SMILES string of the molecule is O=C(Nc1ccncc1C(=O)O)c1coc(N2[C@@H]3CC[C@H]2CC(Oc2ncccn2)C3)n1. The quantitative estimate of drug-likeness (QED) is 0.591. The number of aromatic nitrogens is 4. The summed E-state index contributed by atoms with van der Waals surface area (Å²) in [6, 6.07) is 4.27. The maximum Gasteiger partial charge on any atom is 0.339 e. The molecule has 2 aliphatic rings. The van der Waals surface area contributed by atoms with Gasteiger partial charge < -0.3 is 24.5 Å². The lowest BCUT2D eigenvalue weighted by molar-refractivity contribution is 0.0697. The van der Waals surface area contributed by atoms with Crippen LogP contribution in [0.1, 0.15) is 46.5 Å². The third-order valence-corrected chi connectivity index (χ3v) is 5.75. The summed E-state index contributed by atoms with van der Waals surface area (Å²) in [5.41, 5.74) is 0.110. The Morgan fingerprint density at radius 3 is 2.62 bits per heavy atom. The zero-order valence-corrected chi connectivity index (χ0v) is 16.9. The highest BCUT2D eigenvalue weighted by Gasteiger charge is 2.44. The van der Waals surface area contributed by atoms with Crippen LogP contribution in [0.25, 0.3) is 0 Å². The van der Waals surface area contributed by atoms with Gasteiger partial charge in [-0.1, -0.05) is 0 Å². The highest BCUT2D eigenvalue weighted by atomic mass is 16.5. The van der Waals surface area contributed by atoms with Gasteiger partial charge in [-0.05, 0) is 25.0 Å². The molecule has 2 fully saturated rings. The number of amides is 1. The molecule has 0 aliphatic carbocycles. The summed E-state index contributed by atoms with van der Waals surface area (Å²) in [7, 11) is 0. The number of hydrogen-bond acceptors (Lipinski definition) is 9. The minimum Gasteiger partial charge on any atom is -0.478 e. The van der Waals surface area contributed by atoms with E-state index in [1.807, 2.05) is 0 Å². The fraction of sp³-hybridized carbons (Fsp3) is 0.333. The molecule has 1 amide bonds. The molecular weight excluding hydrogens is 416 g/mol. The van der Waals surface area contributed by atoms with E-state index in [1.165, 1.54) is 24.7 Å². The van der Waals surface area contributed by atoms with Crippen molar-refractivity contribution >= 4 is 23.6 Å². The molecule has 164 valence electrons. The molecule has 0 spiro atoms. The summed E-state index contributed by atoms with van der Waals surface area (Å²) < 4.78 is 11.6. The number of carbonyl (C=O) groups excluding carboxylic acids is 1. The standard InChI is InChI=1S/C21H20N6O5/c28-18(25-16-4-7-22-10-15(16)19(29)30)17-11-31-21(26-17)27-12-2-3-13(27)9-14(8-12)32-20-23-5-1-6-24-20/h1,4-7,10-14H,2-3,8-9H2,(H,29,30)(H,22,25,28)/t12-,13+,14?. The Morgan fingerprint density at radius 1 is 1.16 bits per heavy atom. The number of piperidine rings is 1. The van der Waals surface area contributed by atoms with Gasteiger partial charge in [-0.3, -0.25) is 9.78 Å². The zero-order chi connectivity index (χ0) is 22.1. The molecule has 2 aliphatic heterocycles. The average Bonchev–Trinajstić information content (AvgIpc) is 3.37. The van der Waals surface area contributed by atoms with E-state index in [-0.39, 0.29) is 35.1 Å². The van der Waals surface area contributed by atoms with Crippen LogP contribution in [0.5, 0.6) is 6.01 Å². The van der Waals surface area contributed by atoms with Crippen LogP contribution < -0.4 is 15.0 Å². The van der Waals surface area contributed by atoms with Crippen molar-refractivity contribution in [1.29, 1.82) is 0 Å². The third kappa shape index (κ3) is 3.84. The van der Waals surface area contributed by atoms with Crippen LogP contribution in [0.2, 0.25) is 0 Å². The summed E-state index contributed by atoms with van der Waals surface area (Å²) in [5, 5.41) is 11.8. The second kappa shape index (κ2) is 8.25. The number of rotatable bonds is 6. The molecule has 11 heteroatoms. The molecule has 5 rings (SSSR count). The number of anilines is 2. The minimum absolute atomic E-state index is 0.00464. The fourth-order valence-electron chi connectivity index (χ4n) is 4.38. The van der Waals surface area contributed by atoms with Gasteiger partial charge in [-0.15, -0.1) is 0 Å². The van der Waals surface area contributed by atoms with Crippen molar-refractivity contribution in [3.8, 4) is 6.01 Å². The van der Waals surface area contributed by atoms with Crippen molar-refractivity contribution in [2.45, 2.75) is 43.9 Å². The Kier molecular flexibility index (Phi) is 5.13. The van der Waals surface area contributed by atoms with E-state index in [1.54, 1.807) is 18.5 Å². The molecule has 2 N–H and O–H groups in total. The largest absolute Gasteiger partial charge is 0.478 e. The Labute approximate surface area is 182 Å². The van der Waals surface area contributed by atoms with Crippen molar-refractivity contribution in [2.75, 3.05) is 10.2 Å². The molecular formula is C21H20N6O5. The molecule has 2 bridgehead atoms. The first-order chi connectivity index (χ1) is 15.6. The number of nitrogens with zero attached hydrogens (tertiary/aromatic N) is 5. The molecule has 0 radical (unpaired) electrons. The van der Waals surface area contributed by atoms with Crippen molar-refractivity contribution in [1.82, 2.24) is 19.9 Å². The summed E-state index contributed by atoms with van der Waals surface area (Å²) >= 11 is 0. The first-order valence-electron chi connectivity index (χ1n) is 10.2. The van der Waals surface area contributed by atoms with E-state index in [9.17, 15) is 14.7 Å². The number of aromatic carboxylic acids is 1. The van der Waals surface area contributed by atoms with Crippen LogP contribution in [0, 0.1) is 0 Å². The number of hydrogen-bond donors (Lipinski definition) is 2. The van der Waals surface area contributed by atoms with Crippen LogP contribution in [0.4, 0.5) is 11.7 Å². The molecule has 3 aromatic heterocycles. The van der Waals surface area contributed by atoms with Crippen LogP contribution in [0.15, 0.2) is 47.6 Å². The van der Waals surface area contributed by atoms with E-state index in [0.717, 1.165) is 25.7 Å². The lowest BCUT2D eigenvalue weighted by Gasteiger charge is -2.37. The minimum atomic E-state index is -1.18. The van der Waals surface area contributed by atoms with Gasteiger partial charge in [0.2, 0.25) is 0 Å². The van der Waals surface area contributed by atoms with Crippen molar-refractivity contribution in [3.63, 3.8) is 0 Å². The smallest absolute Gasteiger partial charge is 0.339 e. The normalized spacial score (nSPS) is 21.9. The van der Waals surface area contributed by atoms with E-state index in [0.29, 0.717) is 12.0 Å². The second-order valence-corrected chi connectivity index (χ2v) is 7.73. The zero-order valence-electron chi connectivity index (χ0n) is 16.9. The summed E-state index contributed by atoms with van der Waals surface area (Å²) in [6.07, 6.45) is 10.7. The van der Waals surface area contributed by atoms with Crippen LogP contribution >= 0.6 is 0 Å². The van der Waals surface area contributed by atoms with E-state index in [4.69, 9.17) is 9.15 Å². The van der Waals surface area contributed by atoms with Gasteiger partial charge in [0.15, 0.2) is 5.69 Å². The molecule has 11 nitrogen and oxygen atoms in total. The number of carboxylic acids is 1. The second-order valence-electron chi connectivity index (χ2n) is 7.73. The number of carboxylic acid groups (broad SMARTS) is 1. The first-order valence-corrected chi connectivity index (χ1v) is 10.2. The predicted molar refractivity (Wildman–Crippen MR) is 111 cm³/mol. The number of oxazole rings is 1. The summed E-state index contributed by atoms with van der Waals surface area (Å²) in [5.74, 6) is -1.74. The molecule has 3 atom stereocenters. The Bertz CT molecular complexity index is 1120. The Hall–Kier alpha value is -4.02. The van der Waals surface area contributed by atoms with Crippen molar-refractivity contribution in [2.24, 2.45) is 0 Å². The summed E-state index contributed by atoms with van der Waals surface area (Å²) in [6.45, 7) is 0. The van der Waals surface area contributed by atoms with Gasteiger partial charge in [0, 0.05) is 49.7 Å². The topological polar surface area (TPSA) is 144 Å². The lowest BCUT2D eigenvalue weighted by atomic mass is 10.0. The van der Waals surface area contributed by atoms with Gasteiger partial charge in [0.25, 0.3) is 11.9 Å². The van der Waals surface area contributed by atoms with Gasteiger partial charge in [-0.2, -0.15) is 4.98 Å². The molecule has 1 unspecified atom stereocenters. The number of nitrogens with one attached hydrogen (secondary N) is 1. The lowest BCUT2D eigenvalue weighted by Crippen LogP contribution is -2.46. The average molecular weight is 436 g/mol. The maximum absolute atomic E-state index is 12.6. The molecule has 0 aromatic carbocycles. The van der Waals surface area contributed by atoms with E-state index < -0.39 is 11.9 Å². The predicted octanol–water partition coefficient (Wildman–Crippen LogP) is 2.39. The molecule has 3 aromatic rings. The van der Waals surface area contributed by atoms with Crippen molar-refractivity contribution in [3.05, 3.63) is 54.4 Å². The summed E-state index contributed by atoms with van der Waals surface area (Å²) in [4.78, 5) is 42.5. The highest BCUT2D eigenvalue weighted by Crippen LogP contribution is 2.39. The van der Waals surface area contributed by atoms with Crippen molar-refractivity contribution < 1.29 is 23.8 Å². The van der Waals surface area contributed by atoms with E-state index >= 15 is 0 Å². The number of ether oxygens (including phenoxy) is 1. The Morgan fingerprint density at radius 2 is 1.91 bits per heavy atom. The molecule has 0 saturated carbocycles. The van der Waals surface area contributed by atoms with Gasteiger partial charge in [-0.25, -0.2) is 14.8 Å².